The van der Waals surface area contributed by atoms with Crippen LogP contribution in [0.4, 0.5) is 0 Å². The van der Waals surface area contributed by atoms with Crippen LogP contribution in [0.25, 0.3) is 0 Å². The minimum absolute atomic E-state index is 0.0911. The topological polar surface area (TPSA) is 87.3 Å². The molecule has 0 aliphatic carbocycles. The molecule has 2 bridgehead atoms. The van der Waals surface area contributed by atoms with E-state index in [-0.39, 0.29) is 35.4 Å². The van der Waals surface area contributed by atoms with Gasteiger partial charge in [0.05, 0.1) is 35.4 Å². The third-order valence-electron chi connectivity index (χ3n) is 6.48. The second-order valence-corrected chi connectivity index (χ2v) is 9.20. The third-order valence-corrected chi connectivity index (χ3v) is 7.30. The maximum Gasteiger partial charge on any atom is 0.267 e. The molecule has 5 rings (SSSR count). The van der Waals surface area contributed by atoms with Crippen molar-refractivity contribution in [2.45, 2.75) is 37.9 Å². The molecular weight excluding hydrogens is 376 g/mol. The summed E-state index contributed by atoms with van der Waals surface area (Å²) in [5.74, 6) is 0.574. The first-order valence-electron chi connectivity index (χ1n) is 9.82. The molecule has 2 amide bonds. The van der Waals surface area contributed by atoms with Crippen molar-refractivity contribution in [2.75, 3.05) is 19.6 Å². The molecule has 4 atom stereocenters. The van der Waals surface area contributed by atoms with Gasteiger partial charge in [0.25, 0.3) is 5.91 Å². The van der Waals surface area contributed by atoms with Gasteiger partial charge in [-0.3, -0.25) is 9.59 Å². The van der Waals surface area contributed by atoms with Crippen LogP contribution in [0, 0.1) is 18.8 Å². The predicted octanol–water partition coefficient (Wildman–Crippen LogP) is 1.76. The molecule has 0 aromatic carbocycles. The number of ether oxygens (including phenoxy) is 1. The molecule has 2 N–H and O–H groups in total. The van der Waals surface area contributed by atoms with Crippen LogP contribution in [0.5, 0.6) is 0 Å². The molecule has 7 nitrogen and oxygen atoms in total. The van der Waals surface area contributed by atoms with Crippen LogP contribution in [0.3, 0.4) is 0 Å². The molecule has 0 saturated carbocycles. The zero-order chi connectivity index (χ0) is 19.3. The Hall–Kier alpha value is -2.19. The lowest BCUT2D eigenvalue weighted by molar-refractivity contribution is -0.131. The Kier molecular flexibility index (Phi) is 4.28. The summed E-state index contributed by atoms with van der Waals surface area (Å²) >= 11 is 1.58. The van der Waals surface area contributed by atoms with Gasteiger partial charge in [0.15, 0.2) is 0 Å². The maximum absolute atomic E-state index is 12.8. The van der Waals surface area contributed by atoms with Crippen LogP contribution in [-0.4, -0.2) is 58.0 Å². The molecule has 28 heavy (non-hydrogen) atoms. The number of hydrogen-bond acceptors (Lipinski definition) is 5. The number of carbonyl (C=O) groups excluding carboxylic acids is 2. The van der Waals surface area contributed by atoms with Crippen molar-refractivity contribution in [2.24, 2.45) is 11.8 Å². The molecule has 8 heteroatoms. The summed E-state index contributed by atoms with van der Waals surface area (Å²) < 4.78 is 6.39. The summed E-state index contributed by atoms with van der Waals surface area (Å²) in [5.41, 5.74) is 1.20. The van der Waals surface area contributed by atoms with E-state index in [1.54, 1.807) is 23.6 Å². The van der Waals surface area contributed by atoms with Crippen molar-refractivity contribution < 1.29 is 14.3 Å². The Bertz CT molecular complexity index is 895. The number of amides is 2. The number of aromatic amines is 1. The summed E-state index contributed by atoms with van der Waals surface area (Å²) in [4.78, 5) is 34.4. The standard InChI is InChI=1S/C20H24N4O3S/c1-12-23-13(10-28-12)7-18(25)24-9-15-14(17-4-5-20(15,11-24)27-17)8-22-19(26)16-3-2-6-21-16/h2-3,6,10,14-15,17,21H,4-5,7-9,11H2,1H3,(H,22,26)/t14-,15+,17+,20+/m0/s1. The first kappa shape index (κ1) is 17.9. The van der Waals surface area contributed by atoms with Crippen LogP contribution in [0.15, 0.2) is 23.7 Å². The highest BCUT2D eigenvalue weighted by molar-refractivity contribution is 7.09. The molecule has 3 saturated heterocycles. The summed E-state index contributed by atoms with van der Waals surface area (Å²) in [6.45, 7) is 3.91. The van der Waals surface area contributed by atoms with E-state index in [4.69, 9.17) is 4.74 Å². The van der Waals surface area contributed by atoms with E-state index in [0.717, 1.165) is 23.5 Å². The Labute approximate surface area is 167 Å². The molecule has 3 aliphatic heterocycles. The molecule has 2 aromatic rings. The Balaban J connectivity index is 1.24. The number of hydrogen-bond donors (Lipinski definition) is 2. The lowest BCUT2D eigenvalue weighted by atomic mass is 9.73. The van der Waals surface area contributed by atoms with E-state index >= 15 is 0 Å². The molecule has 3 aliphatic rings. The van der Waals surface area contributed by atoms with E-state index in [2.05, 4.69) is 15.3 Å². The number of H-pyrrole nitrogens is 1. The molecule has 3 fully saturated rings. The fourth-order valence-electron chi connectivity index (χ4n) is 5.19. The van der Waals surface area contributed by atoms with E-state index < -0.39 is 0 Å². The van der Waals surface area contributed by atoms with Crippen LogP contribution in [0.1, 0.15) is 34.0 Å². The zero-order valence-electron chi connectivity index (χ0n) is 15.8. The lowest BCUT2D eigenvalue weighted by Crippen LogP contribution is -2.42. The molecule has 2 aromatic heterocycles. The average molecular weight is 401 g/mol. The van der Waals surface area contributed by atoms with Crippen molar-refractivity contribution in [1.82, 2.24) is 20.2 Å². The van der Waals surface area contributed by atoms with Crippen LogP contribution < -0.4 is 5.32 Å². The number of rotatable bonds is 5. The van der Waals surface area contributed by atoms with Gasteiger partial charge in [-0.05, 0) is 31.9 Å². The highest BCUT2D eigenvalue weighted by Crippen LogP contribution is 2.54. The second-order valence-electron chi connectivity index (χ2n) is 8.13. The van der Waals surface area contributed by atoms with Gasteiger partial charge in [-0.1, -0.05) is 0 Å². The molecule has 0 unspecified atom stereocenters. The minimum Gasteiger partial charge on any atom is -0.369 e. The van der Waals surface area contributed by atoms with Gasteiger partial charge in [0.1, 0.15) is 5.69 Å². The van der Waals surface area contributed by atoms with Crippen molar-refractivity contribution in [1.29, 1.82) is 0 Å². The number of aromatic nitrogens is 2. The van der Waals surface area contributed by atoms with E-state index in [1.165, 1.54) is 0 Å². The molecule has 148 valence electrons. The van der Waals surface area contributed by atoms with E-state index in [1.807, 2.05) is 23.3 Å². The van der Waals surface area contributed by atoms with Crippen molar-refractivity contribution in [3.63, 3.8) is 0 Å². The number of fused-ring (bicyclic) bond motifs is 1. The summed E-state index contributed by atoms with van der Waals surface area (Å²) in [7, 11) is 0. The highest BCUT2D eigenvalue weighted by Gasteiger charge is 2.63. The average Bonchev–Trinajstić information content (AvgIpc) is 3.46. The number of aryl methyl sites for hydroxylation is 1. The van der Waals surface area contributed by atoms with Crippen LogP contribution in [0.2, 0.25) is 0 Å². The number of thiazole rings is 1. The Morgan fingerprint density at radius 2 is 2.39 bits per heavy atom. The summed E-state index contributed by atoms with van der Waals surface area (Å²) in [5, 5.41) is 5.99. The van der Waals surface area contributed by atoms with Gasteiger partial charge in [-0.15, -0.1) is 11.3 Å². The molecular formula is C20H24N4O3S. The Morgan fingerprint density at radius 3 is 3.14 bits per heavy atom. The monoisotopic (exact) mass is 400 g/mol. The smallest absolute Gasteiger partial charge is 0.267 e. The van der Waals surface area contributed by atoms with Gasteiger partial charge < -0.3 is 19.9 Å². The van der Waals surface area contributed by atoms with Crippen molar-refractivity contribution >= 4 is 23.2 Å². The SMILES string of the molecule is Cc1nc(CC(=O)N2C[C@@H]3[C@H](CNC(=O)c4ccc[nH]4)[C@H]4CC[C@]3(C2)O4)cs1. The van der Waals surface area contributed by atoms with Crippen LogP contribution >= 0.6 is 11.3 Å². The van der Waals surface area contributed by atoms with E-state index in [9.17, 15) is 9.59 Å². The largest absolute Gasteiger partial charge is 0.369 e. The molecule has 0 radical (unpaired) electrons. The van der Waals surface area contributed by atoms with Crippen LogP contribution in [-0.2, 0) is 16.0 Å². The number of likely N-dealkylation sites (tertiary alicyclic amines) is 1. The first-order valence-corrected chi connectivity index (χ1v) is 10.7. The van der Waals surface area contributed by atoms with Gasteiger partial charge in [-0.2, -0.15) is 0 Å². The van der Waals surface area contributed by atoms with Crippen molar-refractivity contribution in [3.8, 4) is 0 Å². The fourth-order valence-corrected chi connectivity index (χ4v) is 5.80. The number of nitrogens with one attached hydrogen (secondary N) is 2. The predicted molar refractivity (Wildman–Crippen MR) is 104 cm³/mol. The second kappa shape index (κ2) is 6.70. The van der Waals surface area contributed by atoms with Crippen molar-refractivity contribution in [3.05, 3.63) is 40.1 Å². The maximum atomic E-state index is 12.8. The van der Waals surface area contributed by atoms with Gasteiger partial charge in [0.2, 0.25) is 5.91 Å². The zero-order valence-corrected chi connectivity index (χ0v) is 16.6. The lowest BCUT2D eigenvalue weighted by Gasteiger charge is -2.29. The van der Waals surface area contributed by atoms with Gasteiger partial charge in [0, 0.05) is 36.5 Å². The fraction of sp³-hybridized carbons (Fsp3) is 0.550. The quantitative estimate of drug-likeness (QED) is 0.801. The summed E-state index contributed by atoms with van der Waals surface area (Å²) in [6, 6.07) is 3.58. The normalized spacial score (nSPS) is 30.6. The highest BCUT2D eigenvalue weighted by atomic mass is 32.1. The molecule has 5 heterocycles. The number of nitrogens with zero attached hydrogens (tertiary/aromatic N) is 2. The summed E-state index contributed by atoms with van der Waals surface area (Å²) in [6.07, 6.45) is 4.29. The molecule has 1 spiro atoms. The van der Waals surface area contributed by atoms with Gasteiger partial charge >= 0.3 is 0 Å². The van der Waals surface area contributed by atoms with E-state index in [0.29, 0.717) is 31.7 Å². The van der Waals surface area contributed by atoms with Gasteiger partial charge in [-0.25, -0.2) is 4.98 Å². The third kappa shape index (κ3) is 2.95. The first-order chi connectivity index (χ1) is 13.5. The minimum atomic E-state index is -0.222. The number of carbonyl (C=O) groups is 2. The Morgan fingerprint density at radius 1 is 1.50 bits per heavy atom.